The quantitative estimate of drug-likeness (QED) is 0.251. The third-order valence-corrected chi connectivity index (χ3v) is 6.85. The fraction of sp³-hybridized carbons (Fsp3) is 0.769. The molecule has 3 atom stereocenters. The van der Waals surface area contributed by atoms with Crippen LogP contribution in [0.15, 0.2) is 0 Å². The molecule has 1 heterocycles. The molecule has 1 aliphatic carbocycles. The van der Waals surface area contributed by atoms with Crippen molar-refractivity contribution < 1.29 is 28.8 Å². The van der Waals surface area contributed by atoms with E-state index in [9.17, 15) is 28.8 Å². The molecule has 0 aromatic carbocycles. The number of urea groups is 1. The number of Topliss-reactive ketones (excluding diaryl/α,β-unsaturated/α-hetero) is 1. The van der Waals surface area contributed by atoms with Gasteiger partial charge in [-0.25, -0.2) is 4.79 Å². The molecule has 1 saturated heterocycles. The maximum atomic E-state index is 13.0. The largest absolute Gasteiger partial charge is 0.363 e. The van der Waals surface area contributed by atoms with Crippen LogP contribution in [-0.2, 0) is 24.0 Å². The SMILES string of the molecule is CC(C)(C)NC(=O)NC(C(=O)NCC(=O)N1CCCC1C(=O)NC(CC1CCC1)C(=O)C(N)=O)C(C)(C)C. The number of nitrogens with two attached hydrogens (primary N) is 1. The number of rotatable bonds is 10. The highest BCUT2D eigenvalue weighted by atomic mass is 16.2. The zero-order valence-electron chi connectivity index (χ0n) is 23.4. The Kier molecular flexibility index (Phi) is 10.3. The number of nitrogens with one attached hydrogen (secondary N) is 4. The van der Waals surface area contributed by atoms with Crippen LogP contribution in [0.4, 0.5) is 4.79 Å². The molecule has 6 N–H and O–H groups in total. The molecule has 0 aromatic rings. The predicted octanol–water partition coefficient (Wildman–Crippen LogP) is 0.335. The highest BCUT2D eigenvalue weighted by molar-refractivity contribution is 6.37. The highest BCUT2D eigenvalue weighted by Crippen LogP contribution is 2.31. The minimum Gasteiger partial charge on any atom is -0.363 e. The van der Waals surface area contributed by atoms with E-state index in [1.807, 2.05) is 20.8 Å². The van der Waals surface area contributed by atoms with Gasteiger partial charge in [0.2, 0.25) is 23.5 Å². The first-order valence-corrected chi connectivity index (χ1v) is 13.3. The Hall–Kier alpha value is -3.18. The lowest BCUT2D eigenvalue weighted by molar-refractivity contribution is -0.141. The molecule has 214 valence electrons. The van der Waals surface area contributed by atoms with Gasteiger partial charge in [-0.3, -0.25) is 24.0 Å². The first-order valence-electron chi connectivity index (χ1n) is 13.3. The first kappa shape index (κ1) is 31.0. The third-order valence-electron chi connectivity index (χ3n) is 6.85. The van der Waals surface area contributed by atoms with Gasteiger partial charge in [0, 0.05) is 12.1 Å². The van der Waals surface area contributed by atoms with Crippen LogP contribution >= 0.6 is 0 Å². The van der Waals surface area contributed by atoms with Gasteiger partial charge in [-0.1, -0.05) is 40.0 Å². The molecule has 2 aliphatic rings. The average molecular weight is 537 g/mol. The summed E-state index contributed by atoms with van der Waals surface area (Å²) in [5.41, 5.74) is 4.05. The molecule has 38 heavy (non-hydrogen) atoms. The van der Waals surface area contributed by atoms with Gasteiger partial charge in [0.1, 0.15) is 12.1 Å². The second-order valence-electron chi connectivity index (χ2n) is 12.4. The molecule has 12 heteroatoms. The Morgan fingerprint density at radius 3 is 2.05 bits per heavy atom. The van der Waals surface area contributed by atoms with E-state index in [-0.39, 0.29) is 12.5 Å². The maximum absolute atomic E-state index is 13.0. The number of ketones is 1. The molecule has 0 radical (unpaired) electrons. The Labute approximate surface area is 224 Å². The zero-order chi connectivity index (χ0) is 28.8. The van der Waals surface area contributed by atoms with Crippen molar-refractivity contribution in [3.63, 3.8) is 0 Å². The Morgan fingerprint density at radius 2 is 1.55 bits per heavy atom. The van der Waals surface area contributed by atoms with E-state index in [2.05, 4.69) is 21.3 Å². The summed E-state index contributed by atoms with van der Waals surface area (Å²) in [5, 5.41) is 10.7. The van der Waals surface area contributed by atoms with Gasteiger partial charge in [0.05, 0.1) is 12.6 Å². The summed E-state index contributed by atoms with van der Waals surface area (Å²) in [4.78, 5) is 76.6. The Morgan fingerprint density at radius 1 is 0.921 bits per heavy atom. The van der Waals surface area contributed by atoms with Crippen LogP contribution < -0.4 is 27.0 Å². The molecule has 0 spiro atoms. The van der Waals surface area contributed by atoms with Crippen LogP contribution in [0.25, 0.3) is 0 Å². The molecular weight excluding hydrogens is 492 g/mol. The van der Waals surface area contributed by atoms with Crippen LogP contribution in [-0.4, -0.2) is 77.1 Å². The monoisotopic (exact) mass is 536 g/mol. The van der Waals surface area contributed by atoms with E-state index in [1.54, 1.807) is 20.8 Å². The molecule has 12 nitrogen and oxygen atoms in total. The number of carbonyl (C=O) groups is 6. The number of amides is 6. The second-order valence-corrected chi connectivity index (χ2v) is 12.4. The molecular formula is C26H44N6O6. The topological polar surface area (TPSA) is 180 Å². The molecule has 6 amide bonds. The predicted molar refractivity (Wildman–Crippen MR) is 140 cm³/mol. The molecule has 0 aromatic heterocycles. The Balaban J connectivity index is 2.00. The smallest absolute Gasteiger partial charge is 0.315 e. The van der Waals surface area contributed by atoms with Crippen LogP contribution in [0.5, 0.6) is 0 Å². The summed E-state index contributed by atoms with van der Waals surface area (Å²) < 4.78 is 0. The highest BCUT2D eigenvalue weighted by Gasteiger charge is 2.38. The van der Waals surface area contributed by atoms with Crippen molar-refractivity contribution in [2.75, 3.05) is 13.1 Å². The molecule has 3 unspecified atom stereocenters. The van der Waals surface area contributed by atoms with Crippen LogP contribution in [0.2, 0.25) is 0 Å². The summed E-state index contributed by atoms with van der Waals surface area (Å²) in [5.74, 6) is -3.20. The van der Waals surface area contributed by atoms with Gasteiger partial charge >= 0.3 is 6.03 Å². The fourth-order valence-electron chi connectivity index (χ4n) is 4.62. The van der Waals surface area contributed by atoms with Gasteiger partial charge in [0.15, 0.2) is 0 Å². The summed E-state index contributed by atoms with van der Waals surface area (Å²) in [6.45, 7) is 10.8. The summed E-state index contributed by atoms with van der Waals surface area (Å²) in [6, 6.07) is -3.25. The molecule has 2 fully saturated rings. The maximum Gasteiger partial charge on any atom is 0.315 e. The number of carbonyl (C=O) groups excluding carboxylic acids is 6. The van der Waals surface area contributed by atoms with Crippen molar-refractivity contribution in [3.05, 3.63) is 0 Å². The number of hydrogen-bond donors (Lipinski definition) is 5. The van der Waals surface area contributed by atoms with Crippen LogP contribution in [0.1, 0.15) is 80.1 Å². The van der Waals surface area contributed by atoms with E-state index >= 15 is 0 Å². The fourth-order valence-corrected chi connectivity index (χ4v) is 4.62. The third kappa shape index (κ3) is 8.98. The van der Waals surface area contributed by atoms with E-state index in [1.165, 1.54) is 4.90 Å². The van der Waals surface area contributed by atoms with Gasteiger partial charge < -0.3 is 31.9 Å². The van der Waals surface area contributed by atoms with Crippen LogP contribution in [0.3, 0.4) is 0 Å². The van der Waals surface area contributed by atoms with Gasteiger partial charge in [-0.2, -0.15) is 0 Å². The van der Waals surface area contributed by atoms with E-state index in [0.29, 0.717) is 25.8 Å². The van der Waals surface area contributed by atoms with Gasteiger partial charge in [-0.05, 0) is 51.4 Å². The first-order chi connectivity index (χ1) is 17.5. The molecule has 0 bridgehead atoms. The average Bonchev–Trinajstić information content (AvgIpc) is 3.24. The number of hydrogen-bond acceptors (Lipinski definition) is 6. The number of primary amides is 1. The lowest BCUT2D eigenvalue weighted by Crippen LogP contribution is -2.59. The van der Waals surface area contributed by atoms with Crippen molar-refractivity contribution in [1.82, 2.24) is 26.2 Å². The van der Waals surface area contributed by atoms with Crippen molar-refractivity contribution in [3.8, 4) is 0 Å². The van der Waals surface area contributed by atoms with Crippen molar-refractivity contribution in [2.45, 2.75) is 104 Å². The summed E-state index contributed by atoms with van der Waals surface area (Å²) >= 11 is 0. The summed E-state index contributed by atoms with van der Waals surface area (Å²) in [7, 11) is 0. The van der Waals surface area contributed by atoms with Gasteiger partial charge in [-0.15, -0.1) is 0 Å². The number of likely N-dealkylation sites (tertiary alicyclic amines) is 1. The Bertz CT molecular complexity index is 933. The molecule has 1 saturated carbocycles. The van der Waals surface area contributed by atoms with Gasteiger partial charge in [0.25, 0.3) is 5.91 Å². The standard InChI is InChI=1S/C26H44N6O6/c1-25(2,3)20(30-24(38)31-26(4,5)6)23(37)28-14-18(33)32-12-8-11-17(32)22(36)29-16(19(34)21(27)35)13-15-9-7-10-15/h15-17,20H,7-14H2,1-6H3,(H2,27,35)(H,28,37)(H,29,36)(H2,30,31,38). The second kappa shape index (κ2) is 12.6. The minimum atomic E-state index is -1.10. The lowest BCUT2D eigenvalue weighted by atomic mass is 9.80. The zero-order valence-corrected chi connectivity index (χ0v) is 23.4. The van der Waals surface area contributed by atoms with Crippen molar-refractivity contribution in [1.29, 1.82) is 0 Å². The molecule has 1 aliphatic heterocycles. The normalized spacial score (nSPS) is 19.5. The van der Waals surface area contributed by atoms with Crippen molar-refractivity contribution >= 4 is 35.4 Å². The van der Waals surface area contributed by atoms with Crippen LogP contribution in [0, 0.1) is 11.3 Å². The molecule has 2 rings (SSSR count). The van der Waals surface area contributed by atoms with Crippen molar-refractivity contribution in [2.24, 2.45) is 17.1 Å². The van der Waals surface area contributed by atoms with E-state index in [0.717, 1.165) is 19.3 Å². The van der Waals surface area contributed by atoms with E-state index in [4.69, 9.17) is 5.73 Å². The lowest BCUT2D eigenvalue weighted by Gasteiger charge is -2.32. The van der Waals surface area contributed by atoms with E-state index < -0.39 is 64.5 Å². The summed E-state index contributed by atoms with van der Waals surface area (Å²) in [6.07, 6.45) is 4.20. The number of nitrogens with zero attached hydrogens (tertiary/aromatic N) is 1. The minimum absolute atomic E-state index is 0.245.